The first-order chi connectivity index (χ1) is 12.6. The number of benzene rings is 2. The van der Waals surface area contributed by atoms with Gasteiger partial charge >= 0.3 is 0 Å². The first-order valence-electron chi connectivity index (χ1n) is 8.65. The van der Waals surface area contributed by atoms with Crippen molar-refractivity contribution in [3.05, 3.63) is 89.9 Å². The average molecular weight is 344 g/mol. The number of furan rings is 1. The number of fused-ring (bicyclic) bond motifs is 1. The molecule has 1 amide bonds. The van der Waals surface area contributed by atoms with Gasteiger partial charge in [-0.15, -0.1) is 0 Å². The van der Waals surface area contributed by atoms with Crippen LogP contribution >= 0.6 is 0 Å². The molecule has 130 valence electrons. The SMILES string of the molecule is Cc1ccc(C(=O)NC(C)c2cc3ccccc3o2)cc1-n1cccc1. The number of aromatic nitrogens is 1. The van der Waals surface area contributed by atoms with Gasteiger partial charge in [-0.05, 0) is 55.8 Å². The Balaban J connectivity index is 1.57. The quantitative estimate of drug-likeness (QED) is 0.565. The molecule has 0 radical (unpaired) electrons. The molecule has 1 unspecified atom stereocenters. The predicted octanol–water partition coefficient (Wildman–Crippen LogP) is 5.02. The number of carbonyl (C=O) groups excluding carboxylic acids is 1. The number of nitrogens with one attached hydrogen (secondary N) is 1. The molecule has 2 aromatic carbocycles. The molecule has 0 bridgehead atoms. The van der Waals surface area contributed by atoms with E-state index in [1.165, 1.54) is 0 Å². The number of para-hydroxylation sites is 1. The minimum absolute atomic E-state index is 0.119. The third-order valence-corrected chi connectivity index (χ3v) is 4.57. The Bertz CT molecular complexity index is 1030. The summed E-state index contributed by atoms with van der Waals surface area (Å²) in [5.41, 5.74) is 3.57. The van der Waals surface area contributed by atoms with Gasteiger partial charge in [-0.1, -0.05) is 24.3 Å². The van der Waals surface area contributed by atoms with E-state index >= 15 is 0 Å². The molecule has 4 aromatic rings. The largest absolute Gasteiger partial charge is 0.459 e. The van der Waals surface area contributed by atoms with E-state index < -0.39 is 0 Å². The van der Waals surface area contributed by atoms with E-state index in [1.807, 2.05) is 91.5 Å². The van der Waals surface area contributed by atoms with Crippen LogP contribution in [-0.4, -0.2) is 10.5 Å². The smallest absolute Gasteiger partial charge is 0.251 e. The highest BCUT2D eigenvalue weighted by atomic mass is 16.3. The molecule has 4 heteroatoms. The molecule has 26 heavy (non-hydrogen) atoms. The molecule has 0 aliphatic rings. The van der Waals surface area contributed by atoms with Crippen molar-refractivity contribution in [1.82, 2.24) is 9.88 Å². The zero-order valence-electron chi connectivity index (χ0n) is 14.8. The summed E-state index contributed by atoms with van der Waals surface area (Å²) in [6.45, 7) is 3.96. The first kappa shape index (κ1) is 16.2. The summed E-state index contributed by atoms with van der Waals surface area (Å²) >= 11 is 0. The maximum Gasteiger partial charge on any atom is 0.251 e. The molecule has 1 atom stereocenters. The molecular weight excluding hydrogens is 324 g/mol. The van der Waals surface area contributed by atoms with Crippen molar-refractivity contribution < 1.29 is 9.21 Å². The fraction of sp³-hybridized carbons (Fsp3) is 0.136. The third kappa shape index (κ3) is 3.02. The van der Waals surface area contributed by atoms with Crippen LogP contribution in [0.3, 0.4) is 0 Å². The van der Waals surface area contributed by atoms with Crippen molar-refractivity contribution in [2.24, 2.45) is 0 Å². The number of aryl methyl sites for hydroxylation is 1. The number of nitrogens with zero attached hydrogens (tertiary/aromatic N) is 1. The molecule has 2 heterocycles. The van der Waals surface area contributed by atoms with Gasteiger partial charge in [0.15, 0.2) is 0 Å². The van der Waals surface area contributed by atoms with Crippen molar-refractivity contribution in [3.63, 3.8) is 0 Å². The van der Waals surface area contributed by atoms with Crippen LogP contribution in [0.15, 0.2) is 77.5 Å². The Kier molecular flexibility index (Phi) is 4.09. The zero-order chi connectivity index (χ0) is 18.1. The van der Waals surface area contributed by atoms with Gasteiger partial charge in [-0.3, -0.25) is 4.79 Å². The van der Waals surface area contributed by atoms with Gasteiger partial charge in [0.1, 0.15) is 11.3 Å². The van der Waals surface area contributed by atoms with Crippen LogP contribution in [0.1, 0.15) is 34.6 Å². The highest BCUT2D eigenvalue weighted by molar-refractivity contribution is 5.95. The van der Waals surface area contributed by atoms with Gasteiger partial charge in [0.05, 0.1) is 6.04 Å². The van der Waals surface area contributed by atoms with Gasteiger partial charge in [0, 0.05) is 29.0 Å². The van der Waals surface area contributed by atoms with Gasteiger partial charge in [-0.25, -0.2) is 0 Å². The summed E-state index contributed by atoms with van der Waals surface area (Å²) in [5, 5.41) is 4.06. The fourth-order valence-electron chi connectivity index (χ4n) is 3.09. The van der Waals surface area contributed by atoms with Crippen molar-refractivity contribution in [2.45, 2.75) is 19.9 Å². The van der Waals surface area contributed by atoms with Gasteiger partial charge in [0.2, 0.25) is 0 Å². The summed E-state index contributed by atoms with van der Waals surface area (Å²) in [6, 6.07) is 19.3. The summed E-state index contributed by atoms with van der Waals surface area (Å²) in [4.78, 5) is 12.7. The highest BCUT2D eigenvalue weighted by Gasteiger charge is 2.16. The molecule has 0 aliphatic carbocycles. The molecule has 4 rings (SSSR count). The third-order valence-electron chi connectivity index (χ3n) is 4.57. The molecule has 1 N–H and O–H groups in total. The number of carbonyl (C=O) groups is 1. The maximum atomic E-state index is 12.7. The zero-order valence-corrected chi connectivity index (χ0v) is 14.8. The van der Waals surface area contributed by atoms with Crippen molar-refractivity contribution in [3.8, 4) is 5.69 Å². The Hall–Kier alpha value is -3.27. The van der Waals surface area contributed by atoms with E-state index in [9.17, 15) is 4.79 Å². The standard InChI is InChI=1S/C22H20N2O2/c1-15-9-10-18(13-19(15)24-11-5-6-12-24)22(25)23-16(2)21-14-17-7-3-4-8-20(17)26-21/h3-14,16H,1-2H3,(H,23,25). The van der Waals surface area contributed by atoms with Crippen molar-refractivity contribution in [2.75, 3.05) is 0 Å². The number of hydrogen-bond donors (Lipinski definition) is 1. The van der Waals surface area contributed by atoms with Crippen LogP contribution in [0.25, 0.3) is 16.7 Å². The molecule has 0 aliphatic heterocycles. The topological polar surface area (TPSA) is 47.2 Å². The van der Waals surface area contributed by atoms with Crippen LogP contribution in [0.5, 0.6) is 0 Å². The average Bonchev–Trinajstić information content (AvgIpc) is 3.31. The Morgan fingerprint density at radius 3 is 2.58 bits per heavy atom. The van der Waals surface area contributed by atoms with Crippen LogP contribution in [0, 0.1) is 6.92 Å². The van der Waals surface area contributed by atoms with Gasteiger partial charge < -0.3 is 14.3 Å². The fourth-order valence-corrected chi connectivity index (χ4v) is 3.09. The first-order valence-corrected chi connectivity index (χ1v) is 8.65. The van der Waals surface area contributed by atoms with Gasteiger partial charge in [-0.2, -0.15) is 0 Å². The van der Waals surface area contributed by atoms with E-state index in [-0.39, 0.29) is 11.9 Å². The van der Waals surface area contributed by atoms with Gasteiger partial charge in [0.25, 0.3) is 5.91 Å². The van der Waals surface area contributed by atoms with Crippen LogP contribution in [0.2, 0.25) is 0 Å². The lowest BCUT2D eigenvalue weighted by molar-refractivity contribution is 0.0935. The van der Waals surface area contributed by atoms with Crippen molar-refractivity contribution >= 4 is 16.9 Å². The maximum absolute atomic E-state index is 12.7. The molecule has 4 nitrogen and oxygen atoms in total. The minimum Gasteiger partial charge on any atom is -0.459 e. The van der Waals surface area contributed by atoms with E-state index in [1.54, 1.807) is 0 Å². The highest BCUT2D eigenvalue weighted by Crippen LogP contribution is 2.24. The van der Waals surface area contributed by atoms with E-state index in [2.05, 4.69) is 5.32 Å². The lowest BCUT2D eigenvalue weighted by Crippen LogP contribution is -2.26. The second kappa shape index (κ2) is 6.56. The molecule has 0 saturated heterocycles. The second-order valence-electron chi connectivity index (χ2n) is 6.47. The summed E-state index contributed by atoms with van der Waals surface area (Å²) in [5.74, 6) is 0.628. The molecular formula is C22H20N2O2. The van der Waals surface area contributed by atoms with E-state index in [4.69, 9.17) is 4.42 Å². The van der Waals surface area contributed by atoms with Crippen LogP contribution in [0.4, 0.5) is 0 Å². The molecule has 0 fully saturated rings. The Labute approximate surface area is 152 Å². The van der Waals surface area contributed by atoms with Crippen LogP contribution < -0.4 is 5.32 Å². The second-order valence-corrected chi connectivity index (χ2v) is 6.47. The van der Waals surface area contributed by atoms with Crippen LogP contribution in [-0.2, 0) is 0 Å². The monoisotopic (exact) mass is 344 g/mol. The Morgan fingerprint density at radius 2 is 1.81 bits per heavy atom. The molecule has 2 aromatic heterocycles. The summed E-state index contributed by atoms with van der Waals surface area (Å²) in [7, 11) is 0. The summed E-state index contributed by atoms with van der Waals surface area (Å²) in [6.07, 6.45) is 3.95. The predicted molar refractivity (Wildman–Crippen MR) is 103 cm³/mol. The summed E-state index contributed by atoms with van der Waals surface area (Å²) < 4.78 is 7.86. The normalized spacial score (nSPS) is 12.2. The lowest BCUT2D eigenvalue weighted by Gasteiger charge is -2.13. The van der Waals surface area contributed by atoms with E-state index in [0.717, 1.165) is 28.0 Å². The minimum atomic E-state index is -0.216. The molecule has 0 saturated carbocycles. The van der Waals surface area contributed by atoms with E-state index in [0.29, 0.717) is 5.56 Å². The van der Waals surface area contributed by atoms with Crippen molar-refractivity contribution in [1.29, 1.82) is 0 Å². The number of amides is 1. The molecule has 0 spiro atoms. The number of hydrogen-bond acceptors (Lipinski definition) is 2. The number of rotatable bonds is 4. The Morgan fingerprint density at radius 1 is 1.04 bits per heavy atom. The lowest BCUT2D eigenvalue weighted by atomic mass is 10.1.